The summed E-state index contributed by atoms with van der Waals surface area (Å²) in [6, 6.07) is 7.50. The van der Waals surface area contributed by atoms with E-state index in [1.54, 1.807) is 29.2 Å². The number of benzene rings is 1. The normalized spacial score (nSPS) is 15.2. The van der Waals surface area contributed by atoms with E-state index in [1.165, 1.54) is 10.4 Å². The van der Waals surface area contributed by atoms with Gasteiger partial charge in [-0.1, -0.05) is 0 Å². The lowest BCUT2D eigenvalue weighted by Crippen LogP contribution is -2.37. The smallest absolute Gasteiger partial charge is 0.251 e. The molecule has 2 aromatic rings. The Balaban J connectivity index is 1.29. The van der Waals surface area contributed by atoms with Crippen LogP contribution in [0.4, 0.5) is 5.69 Å². The van der Waals surface area contributed by atoms with E-state index in [1.807, 2.05) is 17.0 Å². The van der Waals surface area contributed by atoms with Crippen LogP contribution < -0.4 is 10.2 Å². The summed E-state index contributed by atoms with van der Waals surface area (Å²) in [6.07, 6.45) is 1.97. The average Bonchev–Trinajstić information content (AvgIpc) is 3.33. The fourth-order valence-corrected chi connectivity index (χ4v) is 4.76. The van der Waals surface area contributed by atoms with E-state index < -0.39 is 0 Å². The molecule has 2 aliphatic heterocycles. The van der Waals surface area contributed by atoms with Crippen molar-refractivity contribution in [1.82, 2.24) is 10.2 Å². The second-order valence-corrected chi connectivity index (χ2v) is 8.21. The largest absolute Gasteiger partial charge is 0.352 e. The number of amides is 3. The van der Waals surface area contributed by atoms with Gasteiger partial charge in [0, 0.05) is 55.7 Å². The molecule has 28 heavy (non-hydrogen) atoms. The zero-order valence-electron chi connectivity index (χ0n) is 15.9. The highest BCUT2D eigenvalue weighted by molar-refractivity contribution is 7.10. The lowest BCUT2D eigenvalue weighted by atomic mass is 10.1. The highest BCUT2D eigenvalue weighted by atomic mass is 32.1. The predicted molar refractivity (Wildman–Crippen MR) is 109 cm³/mol. The number of nitrogens with zero attached hydrogens (tertiary/aromatic N) is 2. The summed E-state index contributed by atoms with van der Waals surface area (Å²) in [4.78, 5) is 41.5. The minimum Gasteiger partial charge on any atom is -0.352 e. The van der Waals surface area contributed by atoms with Crippen molar-refractivity contribution < 1.29 is 14.4 Å². The molecule has 0 radical (unpaired) electrons. The minimum absolute atomic E-state index is 0.0155. The maximum atomic E-state index is 12.4. The standard InChI is InChI=1S/C21H23N3O3S/c1-14(25)24-10-5-15-12-16(2-3-18(15)24)21(27)22-8-4-20(26)23-9-6-19-17(13-23)7-11-28-19/h2-3,7,11-12H,4-6,8-10,13H2,1H3,(H,22,27). The fraction of sp³-hybridized carbons (Fsp3) is 0.381. The van der Waals surface area contributed by atoms with Crippen molar-refractivity contribution in [2.24, 2.45) is 0 Å². The van der Waals surface area contributed by atoms with Crippen LogP contribution in [0.25, 0.3) is 0 Å². The van der Waals surface area contributed by atoms with E-state index in [-0.39, 0.29) is 17.7 Å². The molecule has 0 unspecified atom stereocenters. The Kier molecular flexibility index (Phi) is 5.17. The van der Waals surface area contributed by atoms with Crippen LogP contribution in [0.3, 0.4) is 0 Å². The van der Waals surface area contributed by atoms with E-state index >= 15 is 0 Å². The van der Waals surface area contributed by atoms with Crippen molar-refractivity contribution >= 4 is 34.7 Å². The molecule has 2 aliphatic rings. The van der Waals surface area contributed by atoms with Gasteiger partial charge in [-0.15, -0.1) is 11.3 Å². The Bertz CT molecular complexity index is 937. The van der Waals surface area contributed by atoms with Crippen molar-refractivity contribution in [2.75, 3.05) is 24.5 Å². The van der Waals surface area contributed by atoms with Gasteiger partial charge in [0.05, 0.1) is 0 Å². The van der Waals surface area contributed by atoms with Crippen molar-refractivity contribution in [2.45, 2.75) is 32.7 Å². The number of fused-ring (bicyclic) bond motifs is 2. The first-order valence-corrected chi connectivity index (χ1v) is 10.4. The molecule has 7 heteroatoms. The lowest BCUT2D eigenvalue weighted by molar-refractivity contribution is -0.132. The first-order valence-electron chi connectivity index (χ1n) is 9.55. The third-order valence-electron chi connectivity index (χ3n) is 5.40. The SMILES string of the molecule is CC(=O)N1CCc2cc(C(=O)NCCC(=O)N3CCc4sccc4C3)ccc21. The molecule has 3 amide bonds. The van der Waals surface area contributed by atoms with Crippen molar-refractivity contribution in [3.05, 3.63) is 51.2 Å². The number of hydrogen-bond acceptors (Lipinski definition) is 4. The monoisotopic (exact) mass is 397 g/mol. The average molecular weight is 398 g/mol. The predicted octanol–water partition coefficient (Wildman–Crippen LogP) is 2.36. The van der Waals surface area contributed by atoms with Gasteiger partial charge in [0.1, 0.15) is 0 Å². The third kappa shape index (κ3) is 3.67. The Morgan fingerprint density at radius 3 is 2.79 bits per heavy atom. The van der Waals surface area contributed by atoms with E-state index in [9.17, 15) is 14.4 Å². The zero-order valence-corrected chi connectivity index (χ0v) is 16.7. The van der Waals surface area contributed by atoms with E-state index in [2.05, 4.69) is 16.8 Å². The third-order valence-corrected chi connectivity index (χ3v) is 6.43. The van der Waals surface area contributed by atoms with Gasteiger partial charge in [-0.2, -0.15) is 0 Å². The van der Waals surface area contributed by atoms with E-state index in [0.29, 0.717) is 31.6 Å². The molecule has 1 aromatic carbocycles. The molecule has 0 saturated carbocycles. The summed E-state index contributed by atoms with van der Waals surface area (Å²) in [6.45, 7) is 3.95. The maximum absolute atomic E-state index is 12.4. The van der Waals surface area contributed by atoms with Gasteiger partial charge in [0.25, 0.3) is 5.91 Å². The molecule has 1 N–H and O–H groups in total. The number of carbonyl (C=O) groups excluding carboxylic acids is 3. The highest BCUT2D eigenvalue weighted by Gasteiger charge is 2.24. The van der Waals surface area contributed by atoms with Crippen molar-refractivity contribution in [1.29, 1.82) is 0 Å². The van der Waals surface area contributed by atoms with Crippen molar-refractivity contribution in [3.63, 3.8) is 0 Å². The van der Waals surface area contributed by atoms with E-state index in [0.717, 1.165) is 30.6 Å². The summed E-state index contributed by atoms with van der Waals surface area (Å²) in [5, 5.41) is 4.92. The van der Waals surface area contributed by atoms with Crippen LogP contribution in [0, 0.1) is 0 Å². The van der Waals surface area contributed by atoms with Crippen LogP contribution in [0.5, 0.6) is 0 Å². The molecule has 0 atom stereocenters. The van der Waals surface area contributed by atoms with Gasteiger partial charge in [0.15, 0.2) is 0 Å². The number of thiophene rings is 1. The van der Waals surface area contributed by atoms with Crippen LogP contribution in [-0.2, 0) is 29.0 Å². The molecular weight excluding hydrogens is 374 g/mol. The molecule has 0 saturated heterocycles. The van der Waals surface area contributed by atoms with Crippen LogP contribution in [-0.4, -0.2) is 42.3 Å². The van der Waals surface area contributed by atoms with Crippen molar-refractivity contribution in [3.8, 4) is 0 Å². The Labute approximate surface area is 168 Å². The topological polar surface area (TPSA) is 69.7 Å². The number of carbonyl (C=O) groups is 3. The van der Waals surface area contributed by atoms with Gasteiger partial charge in [-0.3, -0.25) is 14.4 Å². The first kappa shape index (κ1) is 18.7. The Hall–Kier alpha value is -2.67. The highest BCUT2D eigenvalue weighted by Crippen LogP contribution is 2.29. The number of hydrogen-bond donors (Lipinski definition) is 1. The van der Waals surface area contributed by atoms with E-state index in [4.69, 9.17) is 0 Å². The summed E-state index contributed by atoms with van der Waals surface area (Å²) >= 11 is 1.75. The summed E-state index contributed by atoms with van der Waals surface area (Å²) in [5.41, 5.74) is 3.71. The molecule has 0 aliphatic carbocycles. The molecule has 3 heterocycles. The minimum atomic E-state index is -0.185. The van der Waals surface area contributed by atoms with Crippen LogP contribution >= 0.6 is 11.3 Å². The zero-order chi connectivity index (χ0) is 19.7. The molecule has 146 valence electrons. The summed E-state index contributed by atoms with van der Waals surface area (Å²) in [7, 11) is 0. The second kappa shape index (κ2) is 7.75. The van der Waals surface area contributed by atoms with Gasteiger partial charge < -0.3 is 15.1 Å². The molecule has 0 bridgehead atoms. The molecule has 0 fully saturated rings. The summed E-state index contributed by atoms with van der Waals surface area (Å²) in [5.74, 6) is -0.0967. The number of rotatable bonds is 4. The van der Waals surface area contributed by atoms with Gasteiger partial charge in [-0.25, -0.2) is 0 Å². The van der Waals surface area contributed by atoms with Crippen LogP contribution in [0.1, 0.15) is 39.7 Å². The molecule has 6 nitrogen and oxygen atoms in total. The quantitative estimate of drug-likeness (QED) is 0.861. The maximum Gasteiger partial charge on any atom is 0.251 e. The Morgan fingerprint density at radius 2 is 1.96 bits per heavy atom. The molecule has 0 spiro atoms. The summed E-state index contributed by atoms with van der Waals surface area (Å²) < 4.78 is 0. The number of anilines is 1. The van der Waals surface area contributed by atoms with Gasteiger partial charge in [-0.05, 0) is 53.6 Å². The molecular formula is C21H23N3O3S. The fourth-order valence-electron chi connectivity index (χ4n) is 3.87. The Morgan fingerprint density at radius 1 is 1.11 bits per heavy atom. The second-order valence-electron chi connectivity index (χ2n) is 7.20. The van der Waals surface area contributed by atoms with Gasteiger partial charge >= 0.3 is 0 Å². The van der Waals surface area contributed by atoms with Crippen LogP contribution in [0.15, 0.2) is 29.6 Å². The number of nitrogens with one attached hydrogen (secondary N) is 1. The first-order chi connectivity index (χ1) is 13.5. The van der Waals surface area contributed by atoms with Crippen LogP contribution in [0.2, 0.25) is 0 Å². The van der Waals surface area contributed by atoms with Gasteiger partial charge in [0.2, 0.25) is 11.8 Å². The molecule has 1 aromatic heterocycles. The lowest BCUT2D eigenvalue weighted by Gasteiger charge is -2.27. The molecule has 4 rings (SSSR count).